The molecule has 0 aromatic rings. The van der Waals surface area contributed by atoms with Gasteiger partial charge in [0.2, 0.25) is 0 Å². The topological polar surface area (TPSA) is 61.1 Å². The fraction of sp³-hybridized carbons (Fsp3) is 0.250. The summed E-state index contributed by atoms with van der Waals surface area (Å²) >= 11 is 0. The van der Waals surface area contributed by atoms with Gasteiger partial charge in [0, 0.05) is 0 Å². The van der Waals surface area contributed by atoms with E-state index in [9.17, 15) is 4.79 Å². The van der Waals surface area contributed by atoms with Crippen molar-refractivity contribution in [3.05, 3.63) is 23.3 Å². The van der Waals surface area contributed by atoms with Crippen molar-refractivity contribution in [3.63, 3.8) is 0 Å². The summed E-state index contributed by atoms with van der Waals surface area (Å²) in [7, 11) is 0. The van der Waals surface area contributed by atoms with Crippen LogP contribution in [0.1, 0.15) is 13.8 Å². The van der Waals surface area contributed by atoms with Crippen molar-refractivity contribution in [2.24, 2.45) is 0 Å². The summed E-state index contributed by atoms with van der Waals surface area (Å²) in [6, 6.07) is 1.57. The van der Waals surface area contributed by atoms with E-state index in [0.717, 1.165) is 5.57 Å². The smallest absolute Gasteiger partial charge is 0.346 e. The van der Waals surface area contributed by atoms with Gasteiger partial charge in [-0.2, -0.15) is 5.26 Å². The Labute approximate surface area is 65.3 Å². The van der Waals surface area contributed by atoms with Crippen molar-refractivity contribution in [2.75, 3.05) is 0 Å². The van der Waals surface area contributed by atoms with Gasteiger partial charge in [-0.05, 0) is 19.9 Å². The number of hydrogen-bond donors (Lipinski definition) is 1. The lowest BCUT2D eigenvalue weighted by atomic mass is 10.2. The van der Waals surface area contributed by atoms with Gasteiger partial charge < -0.3 is 5.11 Å². The van der Waals surface area contributed by atoms with Gasteiger partial charge in [0.1, 0.15) is 11.6 Å². The molecule has 0 saturated heterocycles. The van der Waals surface area contributed by atoms with E-state index in [0.29, 0.717) is 0 Å². The second kappa shape index (κ2) is 4.29. The third-order valence-electron chi connectivity index (χ3n) is 0.934. The van der Waals surface area contributed by atoms with Crippen LogP contribution >= 0.6 is 0 Å². The Balaban J connectivity index is 4.54. The first kappa shape index (κ1) is 9.44. The van der Waals surface area contributed by atoms with Crippen LogP contribution in [0, 0.1) is 11.3 Å². The number of carbonyl (C=O) groups is 1. The maximum absolute atomic E-state index is 10.2. The molecule has 0 bridgehead atoms. The molecular formula is C8H9NO2. The van der Waals surface area contributed by atoms with Gasteiger partial charge in [-0.1, -0.05) is 11.6 Å². The zero-order valence-electron chi connectivity index (χ0n) is 6.46. The van der Waals surface area contributed by atoms with Crippen LogP contribution in [0.2, 0.25) is 0 Å². The Bertz CT molecular complexity index is 252. The fourth-order valence-corrected chi connectivity index (χ4v) is 0.406. The monoisotopic (exact) mass is 151 g/mol. The first-order valence-corrected chi connectivity index (χ1v) is 3.06. The lowest BCUT2D eigenvalue weighted by molar-refractivity contribution is -0.132. The molecule has 0 unspecified atom stereocenters. The first-order chi connectivity index (χ1) is 5.07. The number of nitrogens with zero attached hydrogens (tertiary/aromatic N) is 1. The minimum absolute atomic E-state index is 0.244. The average Bonchev–Trinajstić information content (AvgIpc) is 1.87. The van der Waals surface area contributed by atoms with E-state index in [1.165, 1.54) is 6.08 Å². The predicted molar refractivity (Wildman–Crippen MR) is 40.8 cm³/mol. The highest BCUT2D eigenvalue weighted by Gasteiger charge is 2.02. The third-order valence-corrected chi connectivity index (χ3v) is 0.934. The Morgan fingerprint density at radius 1 is 1.45 bits per heavy atom. The highest BCUT2D eigenvalue weighted by Crippen LogP contribution is 1.96. The molecule has 1 N–H and O–H groups in total. The SMILES string of the molecule is CC(C)=C/C=C(/C#N)C(=O)O. The van der Waals surface area contributed by atoms with Gasteiger partial charge in [0.05, 0.1) is 0 Å². The second-order valence-electron chi connectivity index (χ2n) is 2.24. The maximum Gasteiger partial charge on any atom is 0.346 e. The van der Waals surface area contributed by atoms with Gasteiger partial charge in [0.25, 0.3) is 0 Å². The first-order valence-electron chi connectivity index (χ1n) is 3.06. The summed E-state index contributed by atoms with van der Waals surface area (Å²) in [6.45, 7) is 3.65. The van der Waals surface area contributed by atoms with Crippen LogP contribution in [0.3, 0.4) is 0 Å². The van der Waals surface area contributed by atoms with E-state index >= 15 is 0 Å². The third kappa shape index (κ3) is 3.93. The molecule has 0 radical (unpaired) electrons. The summed E-state index contributed by atoms with van der Waals surface area (Å²) in [5, 5.41) is 16.6. The molecule has 0 heterocycles. The summed E-state index contributed by atoms with van der Waals surface area (Å²) in [5.41, 5.74) is 0.713. The normalized spacial score (nSPS) is 10.1. The number of hydrogen-bond acceptors (Lipinski definition) is 2. The van der Waals surface area contributed by atoms with E-state index in [-0.39, 0.29) is 5.57 Å². The highest BCUT2D eigenvalue weighted by atomic mass is 16.4. The minimum atomic E-state index is -1.19. The molecule has 58 valence electrons. The Kier molecular flexibility index (Phi) is 3.68. The number of rotatable bonds is 2. The van der Waals surface area contributed by atoms with Crippen LogP contribution < -0.4 is 0 Å². The molecule has 0 amide bonds. The molecule has 0 rings (SSSR count). The molecule has 0 aliphatic heterocycles. The van der Waals surface area contributed by atoms with Crippen LogP contribution in [0.5, 0.6) is 0 Å². The molecule has 0 saturated carbocycles. The Morgan fingerprint density at radius 3 is 2.27 bits per heavy atom. The van der Waals surface area contributed by atoms with Crippen molar-refractivity contribution in [1.29, 1.82) is 5.26 Å². The number of carboxylic acid groups (broad SMARTS) is 1. The summed E-state index contributed by atoms with van der Waals surface area (Å²) in [6.07, 6.45) is 2.88. The fourth-order valence-electron chi connectivity index (χ4n) is 0.406. The van der Waals surface area contributed by atoms with Crippen LogP contribution in [-0.4, -0.2) is 11.1 Å². The van der Waals surface area contributed by atoms with Gasteiger partial charge in [-0.15, -0.1) is 0 Å². The average molecular weight is 151 g/mol. The molecular weight excluding hydrogens is 142 g/mol. The number of allylic oxidation sites excluding steroid dienone is 3. The van der Waals surface area contributed by atoms with Crippen LogP contribution in [-0.2, 0) is 4.79 Å². The summed E-state index contributed by atoms with van der Waals surface area (Å²) in [5.74, 6) is -1.19. The van der Waals surface area contributed by atoms with Crippen molar-refractivity contribution < 1.29 is 9.90 Å². The Morgan fingerprint density at radius 2 is 2.00 bits per heavy atom. The molecule has 0 fully saturated rings. The number of aliphatic carboxylic acids is 1. The molecule has 11 heavy (non-hydrogen) atoms. The summed E-state index contributed by atoms with van der Waals surface area (Å²) < 4.78 is 0. The second-order valence-corrected chi connectivity index (χ2v) is 2.24. The highest BCUT2D eigenvalue weighted by molar-refractivity contribution is 5.91. The van der Waals surface area contributed by atoms with E-state index < -0.39 is 5.97 Å². The van der Waals surface area contributed by atoms with Gasteiger partial charge in [-0.25, -0.2) is 4.79 Å². The van der Waals surface area contributed by atoms with E-state index in [4.69, 9.17) is 10.4 Å². The maximum atomic E-state index is 10.2. The zero-order chi connectivity index (χ0) is 8.85. The molecule has 0 spiro atoms. The van der Waals surface area contributed by atoms with Crippen molar-refractivity contribution >= 4 is 5.97 Å². The van der Waals surface area contributed by atoms with Crippen molar-refractivity contribution in [2.45, 2.75) is 13.8 Å². The molecule has 0 aromatic heterocycles. The number of nitriles is 1. The van der Waals surface area contributed by atoms with Gasteiger partial charge >= 0.3 is 5.97 Å². The van der Waals surface area contributed by atoms with Crippen molar-refractivity contribution in [3.8, 4) is 6.07 Å². The van der Waals surface area contributed by atoms with E-state index in [2.05, 4.69) is 0 Å². The summed E-state index contributed by atoms with van der Waals surface area (Å²) in [4.78, 5) is 10.2. The largest absolute Gasteiger partial charge is 0.477 e. The molecule has 3 heteroatoms. The molecule has 3 nitrogen and oxygen atoms in total. The van der Waals surface area contributed by atoms with Gasteiger partial charge in [0.15, 0.2) is 0 Å². The predicted octanol–water partition coefficient (Wildman–Crippen LogP) is 1.49. The molecule has 0 aromatic carbocycles. The quantitative estimate of drug-likeness (QED) is 0.369. The van der Waals surface area contributed by atoms with Crippen LogP contribution in [0.25, 0.3) is 0 Å². The van der Waals surface area contributed by atoms with Crippen LogP contribution in [0.15, 0.2) is 23.3 Å². The van der Waals surface area contributed by atoms with E-state index in [1.807, 2.05) is 13.8 Å². The van der Waals surface area contributed by atoms with Crippen LogP contribution in [0.4, 0.5) is 0 Å². The zero-order valence-corrected chi connectivity index (χ0v) is 6.46. The molecule has 0 aliphatic carbocycles. The standard InChI is InChI=1S/C8H9NO2/c1-6(2)3-4-7(5-9)8(10)11/h3-4H,1-2H3,(H,10,11)/b7-4-. The van der Waals surface area contributed by atoms with Crippen molar-refractivity contribution in [1.82, 2.24) is 0 Å². The molecule has 0 atom stereocenters. The lowest BCUT2D eigenvalue weighted by Crippen LogP contribution is -1.96. The minimum Gasteiger partial charge on any atom is -0.477 e. The van der Waals surface area contributed by atoms with Gasteiger partial charge in [-0.3, -0.25) is 0 Å². The lowest BCUT2D eigenvalue weighted by Gasteiger charge is -1.86. The number of carboxylic acids is 1. The van der Waals surface area contributed by atoms with E-state index in [1.54, 1.807) is 12.1 Å². The Hall–Kier alpha value is -1.56. The molecule has 0 aliphatic rings.